The Morgan fingerprint density at radius 2 is 1.44 bits per heavy atom. The van der Waals surface area contributed by atoms with Crippen LogP contribution in [0.3, 0.4) is 0 Å². The largest absolute Gasteiger partial charge is 0.444 e. The third kappa shape index (κ3) is 7.37. The van der Waals surface area contributed by atoms with E-state index in [-0.39, 0.29) is 5.75 Å². The molecule has 0 heterocycles. The van der Waals surface area contributed by atoms with Gasteiger partial charge in [0, 0.05) is 5.69 Å². The second-order valence-electron chi connectivity index (χ2n) is 7.44. The van der Waals surface area contributed by atoms with Gasteiger partial charge in [0.15, 0.2) is 5.78 Å². The smallest absolute Gasteiger partial charge is 0.429 e. The minimum atomic E-state index is -4.21. The van der Waals surface area contributed by atoms with Gasteiger partial charge < -0.3 is 19.1 Å². The highest BCUT2D eigenvalue weighted by atomic mass is 35.5. The van der Waals surface area contributed by atoms with E-state index in [1.165, 1.54) is 36.4 Å². The summed E-state index contributed by atoms with van der Waals surface area (Å²) in [6, 6.07) is 10.3. The first-order valence-corrected chi connectivity index (χ1v) is 11.8. The number of hydrogen-bond donors (Lipinski definition) is 1. The Kier molecular flexibility index (Phi) is 8.99. The second kappa shape index (κ2) is 10.9. The highest BCUT2D eigenvalue weighted by Gasteiger charge is 2.42. The second-order valence-corrected chi connectivity index (χ2v) is 9.84. The van der Waals surface area contributed by atoms with Crippen molar-refractivity contribution in [3.63, 3.8) is 0 Å². The molecule has 0 aliphatic rings. The van der Waals surface area contributed by atoms with Crippen molar-refractivity contribution in [3.8, 4) is 5.75 Å². The van der Waals surface area contributed by atoms with Crippen LogP contribution in [0.25, 0.3) is 0 Å². The molecule has 0 fully saturated rings. The van der Waals surface area contributed by atoms with E-state index in [1.54, 1.807) is 27.7 Å². The zero-order valence-electron chi connectivity index (χ0n) is 17.9. The van der Waals surface area contributed by atoms with Crippen molar-refractivity contribution in [1.82, 2.24) is 0 Å². The lowest BCUT2D eigenvalue weighted by molar-refractivity contribution is -0.199. The lowest BCUT2D eigenvalue weighted by Crippen LogP contribution is -2.32. The Morgan fingerprint density at radius 3 is 1.88 bits per heavy atom. The summed E-state index contributed by atoms with van der Waals surface area (Å²) >= 11 is 4.79. The third-order valence-corrected chi connectivity index (χ3v) is 6.63. The van der Waals surface area contributed by atoms with E-state index in [9.17, 15) is 22.1 Å². The van der Waals surface area contributed by atoms with Crippen molar-refractivity contribution in [2.24, 2.45) is 0 Å². The molecule has 2 unspecified atom stereocenters. The summed E-state index contributed by atoms with van der Waals surface area (Å²) < 4.78 is 82.3. The number of rotatable bonds is 11. The van der Waals surface area contributed by atoms with Gasteiger partial charge >= 0.3 is 13.7 Å². The zero-order valence-corrected chi connectivity index (χ0v) is 19.5. The van der Waals surface area contributed by atoms with E-state index in [4.69, 9.17) is 20.6 Å². The van der Waals surface area contributed by atoms with Crippen LogP contribution in [0.4, 0.5) is 23.2 Å². The molecule has 0 amide bonds. The Hall–Kier alpha value is -1.80. The van der Waals surface area contributed by atoms with Crippen molar-refractivity contribution in [1.29, 1.82) is 0 Å². The van der Waals surface area contributed by atoms with E-state index < -0.39 is 43.1 Å². The highest BCUT2D eigenvalue weighted by molar-refractivity contribution is 7.54. The molecule has 32 heavy (non-hydrogen) atoms. The Morgan fingerprint density at radius 1 is 0.938 bits per heavy atom. The minimum Gasteiger partial charge on any atom is -0.429 e. The van der Waals surface area contributed by atoms with Gasteiger partial charge in [0.05, 0.1) is 12.2 Å². The average molecular weight is 498 g/mol. The summed E-state index contributed by atoms with van der Waals surface area (Å²) in [5.74, 6) is -1.86. The fourth-order valence-corrected chi connectivity index (χ4v) is 5.06. The van der Waals surface area contributed by atoms with Gasteiger partial charge in [-0.3, -0.25) is 4.57 Å². The number of nitrogens with one attached hydrogen (secondary N) is 1. The molecule has 0 aliphatic heterocycles. The van der Waals surface area contributed by atoms with Crippen molar-refractivity contribution in [2.45, 2.75) is 57.4 Å². The maximum atomic E-state index is 13.8. The standard InChI is InChI=1S/C21H25ClF4NO4P/c1-13(2)30-32(28,31-14(3)4)19(15-5-7-16(23)8-6-15)27-17-9-11-18(12-10-17)29-21(25,26)20(22)24/h5-14,19-20,27H,1-4H3. The Labute approximate surface area is 189 Å². The average Bonchev–Trinajstić information content (AvgIpc) is 2.66. The number of halogens is 5. The van der Waals surface area contributed by atoms with Crippen molar-refractivity contribution >= 4 is 24.9 Å². The van der Waals surface area contributed by atoms with E-state index in [2.05, 4.69) is 10.1 Å². The van der Waals surface area contributed by atoms with Crippen LogP contribution in [0.15, 0.2) is 48.5 Å². The number of benzene rings is 2. The molecule has 2 aromatic rings. The van der Waals surface area contributed by atoms with Gasteiger partial charge in [-0.05, 0) is 69.7 Å². The summed E-state index contributed by atoms with van der Waals surface area (Å²) in [7, 11) is -3.85. The maximum absolute atomic E-state index is 13.8. The molecule has 0 aliphatic carbocycles. The van der Waals surface area contributed by atoms with Gasteiger partial charge in [0.1, 0.15) is 11.6 Å². The molecule has 11 heteroatoms. The highest BCUT2D eigenvalue weighted by Crippen LogP contribution is 2.62. The first-order chi connectivity index (χ1) is 14.8. The van der Waals surface area contributed by atoms with Crippen LogP contribution in [-0.2, 0) is 13.6 Å². The molecule has 0 aromatic heterocycles. The molecule has 0 bridgehead atoms. The predicted octanol–water partition coefficient (Wildman–Crippen LogP) is 7.49. The maximum Gasteiger partial charge on any atom is 0.444 e. The van der Waals surface area contributed by atoms with E-state index in [1.807, 2.05) is 0 Å². The lowest BCUT2D eigenvalue weighted by atomic mass is 10.2. The summed E-state index contributed by atoms with van der Waals surface area (Å²) in [6.07, 6.45) is -5.11. The zero-order chi connectivity index (χ0) is 24.1. The van der Waals surface area contributed by atoms with Gasteiger partial charge in [-0.2, -0.15) is 8.78 Å². The monoisotopic (exact) mass is 497 g/mol. The van der Waals surface area contributed by atoms with Crippen LogP contribution in [-0.4, -0.2) is 23.9 Å². The van der Waals surface area contributed by atoms with Gasteiger partial charge in [-0.1, -0.05) is 23.7 Å². The van der Waals surface area contributed by atoms with Crippen LogP contribution in [0.1, 0.15) is 39.0 Å². The molecule has 0 saturated carbocycles. The van der Waals surface area contributed by atoms with Crippen molar-refractivity contribution < 1.29 is 35.9 Å². The van der Waals surface area contributed by atoms with Crippen LogP contribution in [0.2, 0.25) is 0 Å². The van der Waals surface area contributed by atoms with Crippen molar-refractivity contribution in [2.75, 3.05) is 5.32 Å². The molecular formula is C21H25ClF4NO4P. The Bertz CT molecular complexity index is 897. The van der Waals surface area contributed by atoms with Gasteiger partial charge in [-0.25, -0.2) is 8.78 Å². The van der Waals surface area contributed by atoms with Crippen LogP contribution >= 0.6 is 19.2 Å². The molecule has 2 rings (SSSR count). The van der Waals surface area contributed by atoms with E-state index in [0.717, 1.165) is 12.1 Å². The summed E-state index contributed by atoms with van der Waals surface area (Å²) in [5, 5.41) is 3.00. The SMILES string of the molecule is CC(C)OP(=O)(OC(C)C)C(Nc1ccc(OC(F)(F)C(F)Cl)cc1)c1ccc(F)cc1. The quantitative estimate of drug-likeness (QED) is 0.198. The molecular weight excluding hydrogens is 473 g/mol. The first-order valence-electron chi connectivity index (χ1n) is 9.76. The number of alkyl halides is 4. The van der Waals surface area contributed by atoms with Crippen LogP contribution in [0.5, 0.6) is 5.75 Å². The lowest BCUT2D eigenvalue weighted by Gasteiger charge is -2.31. The van der Waals surface area contributed by atoms with Crippen LogP contribution in [0, 0.1) is 5.82 Å². The summed E-state index contributed by atoms with van der Waals surface area (Å²) in [6.45, 7) is 6.78. The number of ether oxygens (including phenoxy) is 1. The Balaban J connectivity index is 2.38. The minimum absolute atomic E-state index is 0.331. The molecule has 2 aromatic carbocycles. The molecule has 1 N–H and O–H groups in total. The summed E-state index contributed by atoms with van der Waals surface area (Å²) in [5.41, 5.74) is -2.25. The fraction of sp³-hybridized carbons (Fsp3) is 0.429. The van der Waals surface area contributed by atoms with Gasteiger partial charge in [0.2, 0.25) is 0 Å². The predicted molar refractivity (Wildman–Crippen MR) is 116 cm³/mol. The topological polar surface area (TPSA) is 56.8 Å². The molecule has 0 radical (unpaired) electrons. The normalized spacial score (nSPS) is 14.5. The van der Waals surface area contributed by atoms with E-state index in [0.29, 0.717) is 11.3 Å². The third-order valence-electron chi connectivity index (χ3n) is 3.88. The first kappa shape index (κ1) is 26.5. The number of anilines is 1. The molecule has 178 valence electrons. The number of hydrogen-bond acceptors (Lipinski definition) is 5. The van der Waals surface area contributed by atoms with Gasteiger partial charge in [-0.15, -0.1) is 0 Å². The molecule has 5 nitrogen and oxygen atoms in total. The van der Waals surface area contributed by atoms with Crippen molar-refractivity contribution in [3.05, 3.63) is 59.9 Å². The molecule has 2 atom stereocenters. The molecule has 0 saturated heterocycles. The fourth-order valence-electron chi connectivity index (χ4n) is 2.70. The molecule has 0 spiro atoms. The van der Waals surface area contributed by atoms with E-state index >= 15 is 0 Å². The van der Waals surface area contributed by atoms with Gasteiger partial charge in [0.25, 0.3) is 5.63 Å². The van der Waals surface area contributed by atoms with Crippen LogP contribution < -0.4 is 10.1 Å². The summed E-state index contributed by atoms with van der Waals surface area (Å²) in [4.78, 5) is 0.